The molecule has 1 N–H and O–H groups in total. The average Bonchev–Trinajstić information content (AvgIpc) is 2.99. The van der Waals surface area contributed by atoms with Crippen molar-refractivity contribution < 1.29 is 23.5 Å². The van der Waals surface area contributed by atoms with E-state index in [9.17, 15) is 14.0 Å². The number of benzene rings is 4. The van der Waals surface area contributed by atoms with E-state index in [2.05, 4.69) is 15.3 Å². The molecule has 0 bridgehead atoms. The van der Waals surface area contributed by atoms with Crippen LogP contribution in [0.15, 0.2) is 91.3 Å². The van der Waals surface area contributed by atoms with Gasteiger partial charge in [0.1, 0.15) is 36.1 Å². The van der Waals surface area contributed by atoms with Gasteiger partial charge in [-0.25, -0.2) is 14.4 Å². The van der Waals surface area contributed by atoms with E-state index in [-0.39, 0.29) is 23.2 Å². The normalized spacial score (nSPS) is 10.9. The smallest absolute Gasteiger partial charge is 0.256 e. The minimum atomic E-state index is -0.399. The zero-order valence-electron chi connectivity index (χ0n) is 22.8. The number of amides is 1. The molecule has 7 nitrogen and oxygen atoms in total. The number of anilines is 1. The predicted molar refractivity (Wildman–Crippen MR) is 160 cm³/mol. The molecular weight excluding hydrogens is 557 g/mol. The molecular formula is C33H27ClFN3O4. The minimum absolute atomic E-state index is 0.0943. The summed E-state index contributed by atoms with van der Waals surface area (Å²) >= 11 is 6.40. The van der Waals surface area contributed by atoms with Crippen molar-refractivity contribution in [1.29, 1.82) is 0 Å². The van der Waals surface area contributed by atoms with Gasteiger partial charge in [-0.1, -0.05) is 48.0 Å². The van der Waals surface area contributed by atoms with Crippen molar-refractivity contribution >= 4 is 40.0 Å². The maximum atomic E-state index is 13.4. The van der Waals surface area contributed by atoms with Crippen molar-refractivity contribution in [2.24, 2.45) is 0 Å². The van der Waals surface area contributed by atoms with E-state index in [4.69, 9.17) is 21.1 Å². The Morgan fingerprint density at radius 3 is 2.45 bits per heavy atom. The van der Waals surface area contributed by atoms with E-state index in [0.717, 1.165) is 16.7 Å². The molecule has 0 saturated carbocycles. The monoisotopic (exact) mass is 583 g/mol. The zero-order chi connectivity index (χ0) is 29.5. The van der Waals surface area contributed by atoms with Gasteiger partial charge in [0.2, 0.25) is 0 Å². The second kappa shape index (κ2) is 13.3. The fourth-order valence-corrected chi connectivity index (χ4v) is 4.54. The molecule has 9 heteroatoms. The highest BCUT2D eigenvalue weighted by atomic mass is 35.5. The van der Waals surface area contributed by atoms with Gasteiger partial charge in [-0.3, -0.25) is 9.59 Å². The molecule has 212 valence electrons. The number of aromatic nitrogens is 2. The first-order valence-electron chi connectivity index (χ1n) is 13.2. The zero-order valence-corrected chi connectivity index (χ0v) is 23.5. The number of hydrogen-bond acceptors (Lipinski definition) is 6. The Morgan fingerprint density at radius 1 is 0.881 bits per heavy atom. The highest BCUT2D eigenvalue weighted by molar-refractivity contribution is 6.32. The lowest BCUT2D eigenvalue weighted by Gasteiger charge is -2.12. The third-order valence-electron chi connectivity index (χ3n) is 6.47. The van der Waals surface area contributed by atoms with Crippen LogP contribution in [-0.2, 0) is 22.7 Å². The molecule has 0 spiro atoms. The molecule has 0 atom stereocenters. The number of nitrogens with zero attached hydrogens (tertiary/aromatic N) is 2. The maximum Gasteiger partial charge on any atom is 0.256 e. The second-order valence-electron chi connectivity index (χ2n) is 9.68. The van der Waals surface area contributed by atoms with Crippen molar-refractivity contribution in [1.82, 2.24) is 9.97 Å². The number of ketones is 1. The van der Waals surface area contributed by atoms with E-state index in [0.29, 0.717) is 53.2 Å². The van der Waals surface area contributed by atoms with Crippen molar-refractivity contribution in [2.45, 2.75) is 26.6 Å². The van der Waals surface area contributed by atoms with Crippen molar-refractivity contribution in [3.8, 4) is 16.9 Å². The number of ether oxygens (including phenoxy) is 2. The number of carbonyl (C=O) groups is 2. The summed E-state index contributed by atoms with van der Waals surface area (Å²) in [4.78, 5) is 33.0. The quantitative estimate of drug-likeness (QED) is 0.163. The molecule has 0 radical (unpaired) electrons. The molecule has 1 aromatic heterocycles. The molecule has 1 amide bonds. The summed E-state index contributed by atoms with van der Waals surface area (Å²) in [7, 11) is 0. The highest BCUT2D eigenvalue weighted by Gasteiger charge is 2.14. The third-order valence-corrected chi connectivity index (χ3v) is 6.77. The van der Waals surface area contributed by atoms with E-state index < -0.39 is 5.91 Å². The van der Waals surface area contributed by atoms with Crippen molar-refractivity contribution in [3.63, 3.8) is 0 Å². The maximum absolute atomic E-state index is 13.4. The highest BCUT2D eigenvalue weighted by Crippen LogP contribution is 2.30. The van der Waals surface area contributed by atoms with E-state index in [1.807, 2.05) is 42.5 Å². The summed E-state index contributed by atoms with van der Waals surface area (Å²) in [5.41, 5.74) is 4.51. The van der Waals surface area contributed by atoms with Crippen molar-refractivity contribution in [2.75, 3.05) is 11.9 Å². The van der Waals surface area contributed by atoms with Gasteiger partial charge < -0.3 is 14.8 Å². The first-order chi connectivity index (χ1) is 20.4. The molecule has 0 aliphatic heterocycles. The first-order valence-corrected chi connectivity index (χ1v) is 13.6. The van der Waals surface area contributed by atoms with Gasteiger partial charge in [0.25, 0.3) is 5.91 Å². The number of hydrogen-bond donors (Lipinski definition) is 1. The molecule has 1 heterocycles. The lowest BCUT2D eigenvalue weighted by Crippen LogP contribution is -2.13. The summed E-state index contributed by atoms with van der Waals surface area (Å²) in [5, 5.41) is 3.79. The standard InChI is InChI=1S/C33H27ClFN3O4/c1-21(39)12-13-41-18-22-4-2-6-24(14-22)25-8-10-30-28(16-25)32(37-20-36-30)38-33(40)26-9-11-31(29(34)17-26)42-19-23-5-3-7-27(35)15-23/h2-11,14-17,20H,12-13,18-19H2,1H3,(H,36,37,38,40). The predicted octanol–water partition coefficient (Wildman–Crippen LogP) is 7.42. The Morgan fingerprint density at radius 2 is 1.67 bits per heavy atom. The Kier molecular flexibility index (Phi) is 9.16. The molecule has 5 rings (SSSR count). The van der Waals surface area contributed by atoms with Crippen LogP contribution in [0.4, 0.5) is 10.2 Å². The fourth-order valence-electron chi connectivity index (χ4n) is 4.31. The van der Waals surface area contributed by atoms with Gasteiger partial charge in [-0.15, -0.1) is 0 Å². The van der Waals surface area contributed by atoms with Crippen molar-refractivity contribution in [3.05, 3.63) is 119 Å². The Bertz CT molecular complexity index is 1760. The topological polar surface area (TPSA) is 90.4 Å². The van der Waals surface area contributed by atoms with E-state index >= 15 is 0 Å². The lowest BCUT2D eigenvalue weighted by molar-refractivity contribution is -0.118. The van der Waals surface area contributed by atoms with Gasteiger partial charge in [0, 0.05) is 17.4 Å². The van der Waals surface area contributed by atoms with E-state index in [1.54, 1.807) is 31.2 Å². The summed E-state index contributed by atoms with van der Waals surface area (Å²) in [5.74, 6) is 0.0823. The SMILES string of the molecule is CC(=O)CCOCc1cccc(-c2ccc3ncnc(NC(=O)c4ccc(OCc5cccc(F)c5)c(Cl)c4)c3c2)c1. The van der Waals surface area contributed by atoms with Gasteiger partial charge in [0.15, 0.2) is 0 Å². The molecule has 5 aromatic rings. The molecule has 0 aliphatic rings. The molecule has 0 aliphatic carbocycles. The molecule has 4 aromatic carbocycles. The summed E-state index contributed by atoms with van der Waals surface area (Å²) in [6, 6.07) is 24.5. The fraction of sp³-hybridized carbons (Fsp3) is 0.152. The number of halogens is 2. The first kappa shape index (κ1) is 28.9. The number of Topliss-reactive ketones (excluding diaryl/α,β-unsaturated/α-hetero) is 1. The molecule has 0 saturated heterocycles. The second-order valence-corrected chi connectivity index (χ2v) is 10.1. The Balaban J connectivity index is 1.31. The number of rotatable bonds is 11. The van der Waals surface area contributed by atoms with Gasteiger partial charge in [0.05, 0.1) is 23.8 Å². The van der Waals surface area contributed by atoms with Gasteiger partial charge in [-0.05, 0) is 77.7 Å². The molecule has 0 fully saturated rings. The number of carbonyl (C=O) groups excluding carboxylic acids is 2. The van der Waals surface area contributed by atoms with Crippen LogP contribution < -0.4 is 10.1 Å². The summed E-state index contributed by atoms with van der Waals surface area (Å²) in [6.45, 7) is 2.46. The van der Waals surface area contributed by atoms with Crippen LogP contribution in [0.5, 0.6) is 5.75 Å². The van der Waals surface area contributed by atoms with Crippen LogP contribution in [0.25, 0.3) is 22.0 Å². The third kappa shape index (κ3) is 7.34. The van der Waals surface area contributed by atoms with E-state index in [1.165, 1.54) is 24.5 Å². The number of fused-ring (bicyclic) bond motifs is 1. The molecule has 42 heavy (non-hydrogen) atoms. The minimum Gasteiger partial charge on any atom is -0.487 e. The number of nitrogens with one attached hydrogen (secondary N) is 1. The lowest BCUT2D eigenvalue weighted by atomic mass is 10.0. The van der Waals surface area contributed by atoms with Crippen LogP contribution in [-0.4, -0.2) is 28.3 Å². The van der Waals surface area contributed by atoms with Crippen LogP contribution in [0.2, 0.25) is 5.02 Å². The molecule has 0 unspecified atom stereocenters. The van der Waals surface area contributed by atoms with Crippen LogP contribution in [0, 0.1) is 5.82 Å². The average molecular weight is 584 g/mol. The summed E-state index contributed by atoms with van der Waals surface area (Å²) < 4.78 is 24.8. The van der Waals surface area contributed by atoms with Gasteiger partial charge >= 0.3 is 0 Å². The Hall–Kier alpha value is -4.66. The van der Waals surface area contributed by atoms with Crippen LogP contribution in [0.1, 0.15) is 34.8 Å². The Labute approximate surface area is 247 Å². The van der Waals surface area contributed by atoms with Crippen LogP contribution >= 0.6 is 11.6 Å². The summed E-state index contributed by atoms with van der Waals surface area (Å²) in [6.07, 6.45) is 1.78. The van der Waals surface area contributed by atoms with Crippen LogP contribution in [0.3, 0.4) is 0 Å². The van der Waals surface area contributed by atoms with Gasteiger partial charge in [-0.2, -0.15) is 0 Å². The largest absolute Gasteiger partial charge is 0.487 e.